The van der Waals surface area contributed by atoms with Gasteiger partial charge in [0.15, 0.2) is 5.78 Å². The van der Waals surface area contributed by atoms with E-state index in [0.29, 0.717) is 11.3 Å². The quantitative estimate of drug-likeness (QED) is 0.739. The first-order valence-corrected chi connectivity index (χ1v) is 9.04. The van der Waals surface area contributed by atoms with Crippen molar-refractivity contribution < 1.29 is 24.2 Å². The molecule has 0 aromatic heterocycles. The van der Waals surface area contributed by atoms with Crippen LogP contribution in [0, 0.1) is 6.92 Å². The van der Waals surface area contributed by atoms with Crippen molar-refractivity contribution in [2.24, 2.45) is 0 Å². The molecule has 0 unspecified atom stereocenters. The Morgan fingerprint density at radius 3 is 2.25 bits per heavy atom. The Kier molecular flexibility index (Phi) is 6.80. The Labute approximate surface area is 165 Å². The zero-order chi connectivity index (χ0) is 20.9. The molecule has 2 atom stereocenters. The number of amides is 1. The SMILES string of the molecule is COc1ccccc1C(=O)[C@H](O)[C@@H](NC(=O)OC(C)(C)C)c1ccccc1C. The summed E-state index contributed by atoms with van der Waals surface area (Å²) in [4.78, 5) is 25.4. The molecule has 28 heavy (non-hydrogen) atoms. The van der Waals surface area contributed by atoms with E-state index in [1.54, 1.807) is 57.2 Å². The van der Waals surface area contributed by atoms with Crippen molar-refractivity contribution >= 4 is 11.9 Å². The molecule has 0 heterocycles. The molecule has 2 rings (SSSR count). The van der Waals surface area contributed by atoms with Crippen molar-refractivity contribution in [2.75, 3.05) is 7.11 Å². The molecule has 6 nitrogen and oxygen atoms in total. The summed E-state index contributed by atoms with van der Waals surface area (Å²) in [5, 5.41) is 13.5. The van der Waals surface area contributed by atoms with Crippen LogP contribution in [0.5, 0.6) is 5.75 Å². The van der Waals surface area contributed by atoms with Crippen molar-refractivity contribution in [1.29, 1.82) is 0 Å². The van der Waals surface area contributed by atoms with Gasteiger partial charge in [0.05, 0.1) is 18.7 Å². The number of methoxy groups -OCH3 is 1. The molecule has 0 bridgehead atoms. The molecule has 0 saturated carbocycles. The van der Waals surface area contributed by atoms with Crippen LogP contribution in [0.2, 0.25) is 0 Å². The molecule has 150 valence electrons. The maximum Gasteiger partial charge on any atom is 0.408 e. The summed E-state index contributed by atoms with van der Waals surface area (Å²) in [7, 11) is 1.45. The number of aliphatic hydroxyl groups excluding tert-OH is 1. The molecule has 0 aliphatic rings. The zero-order valence-electron chi connectivity index (χ0n) is 16.9. The predicted molar refractivity (Wildman–Crippen MR) is 107 cm³/mol. The molecule has 0 aliphatic carbocycles. The highest BCUT2D eigenvalue weighted by Crippen LogP contribution is 2.27. The molecule has 0 saturated heterocycles. The van der Waals surface area contributed by atoms with Gasteiger partial charge < -0.3 is 19.9 Å². The summed E-state index contributed by atoms with van der Waals surface area (Å²) >= 11 is 0. The van der Waals surface area contributed by atoms with Crippen molar-refractivity contribution in [1.82, 2.24) is 5.32 Å². The number of hydrogen-bond acceptors (Lipinski definition) is 5. The lowest BCUT2D eigenvalue weighted by atomic mass is 9.92. The van der Waals surface area contributed by atoms with Crippen LogP contribution < -0.4 is 10.1 Å². The van der Waals surface area contributed by atoms with Gasteiger partial charge >= 0.3 is 6.09 Å². The van der Waals surface area contributed by atoms with Gasteiger partial charge in [-0.05, 0) is 51.0 Å². The van der Waals surface area contributed by atoms with Crippen molar-refractivity contribution in [3.05, 3.63) is 65.2 Å². The standard InChI is InChI=1S/C22H27NO5/c1-14-10-6-7-11-15(14)18(23-21(26)28-22(2,3)4)20(25)19(24)16-12-8-9-13-17(16)27-5/h6-13,18,20,25H,1-5H3,(H,23,26)/t18-,20+/m0/s1. The van der Waals surface area contributed by atoms with E-state index < -0.39 is 29.6 Å². The number of aryl methyl sites for hydroxylation is 1. The Morgan fingerprint density at radius 2 is 1.64 bits per heavy atom. The van der Waals surface area contributed by atoms with Gasteiger partial charge in [0, 0.05) is 0 Å². The van der Waals surface area contributed by atoms with Gasteiger partial charge in [0.25, 0.3) is 0 Å². The van der Waals surface area contributed by atoms with Crippen LogP contribution in [-0.4, -0.2) is 35.8 Å². The highest BCUT2D eigenvalue weighted by molar-refractivity contribution is 6.02. The smallest absolute Gasteiger partial charge is 0.408 e. The molecule has 0 radical (unpaired) electrons. The average molecular weight is 385 g/mol. The van der Waals surface area contributed by atoms with Crippen LogP contribution in [0.3, 0.4) is 0 Å². The molecule has 2 N–H and O–H groups in total. The van der Waals surface area contributed by atoms with Gasteiger partial charge in [0.1, 0.15) is 17.5 Å². The second-order valence-corrected chi connectivity index (χ2v) is 7.49. The summed E-state index contributed by atoms with van der Waals surface area (Å²) in [5.41, 5.74) is 0.986. The molecule has 0 aliphatic heterocycles. The topological polar surface area (TPSA) is 84.9 Å². The fraction of sp³-hybridized carbons (Fsp3) is 0.364. The lowest BCUT2D eigenvalue weighted by Gasteiger charge is -2.27. The number of alkyl carbamates (subject to hydrolysis) is 1. The van der Waals surface area contributed by atoms with Crippen LogP contribution in [0.15, 0.2) is 48.5 Å². The molecular weight excluding hydrogens is 358 g/mol. The van der Waals surface area contributed by atoms with Gasteiger partial charge in [-0.25, -0.2) is 4.79 Å². The third-order valence-electron chi connectivity index (χ3n) is 4.15. The minimum Gasteiger partial charge on any atom is -0.496 e. The van der Waals surface area contributed by atoms with Crippen molar-refractivity contribution in [3.63, 3.8) is 0 Å². The number of carbonyl (C=O) groups excluding carboxylic acids is 2. The second kappa shape index (κ2) is 8.89. The van der Waals surface area contributed by atoms with Crippen molar-refractivity contribution in [3.8, 4) is 5.75 Å². The van der Waals surface area contributed by atoms with E-state index in [0.717, 1.165) is 5.56 Å². The number of rotatable bonds is 6. The van der Waals surface area contributed by atoms with E-state index in [4.69, 9.17) is 9.47 Å². The minimum absolute atomic E-state index is 0.238. The molecular formula is C22H27NO5. The number of Topliss-reactive ketones (excluding diaryl/α,β-unsaturated/α-hetero) is 1. The van der Waals surface area contributed by atoms with Crippen LogP contribution in [-0.2, 0) is 4.74 Å². The third-order valence-corrected chi connectivity index (χ3v) is 4.15. The molecule has 0 spiro atoms. The first-order chi connectivity index (χ1) is 13.1. The molecule has 2 aromatic carbocycles. The molecule has 6 heteroatoms. The molecule has 2 aromatic rings. The lowest BCUT2D eigenvalue weighted by molar-refractivity contribution is 0.0407. The Morgan fingerprint density at radius 1 is 1.04 bits per heavy atom. The van der Waals surface area contributed by atoms with Crippen LogP contribution in [0.25, 0.3) is 0 Å². The Bertz CT molecular complexity index is 841. The lowest BCUT2D eigenvalue weighted by Crippen LogP contribution is -2.43. The monoisotopic (exact) mass is 385 g/mol. The van der Waals surface area contributed by atoms with E-state index in [2.05, 4.69) is 5.32 Å². The number of para-hydroxylation sites is 1. The fourth-order valence-electron chi connectivity index (χ4n) is 2.86. The number of ether oxygens (including phenoxy) is 2. The Hall–Kier alpha value is -2.86. The largest absolute Gasteiger partial charge is 0.496 e. The van der Waals surface area contributed by atoms with Crippen LogP contribution in [0.4, 0.5) is 4.79 Å². The highest BCUT2D eigenvalue weighted by Gasteiger charge is 2.33. The highest BCUT2D eigenvalue weighted by atomic mass is 16.6. The summed E-state index contributed by atoms with van der Waals surface area (Å²) < 4.78 is 10.5. The average Bonchev–Trinajstić information content (AvgIpc) is 2.64. The van der Waals surface area contributed by atoms with E-state index >= 15 is 0 Å². The van der Waals surface area contributed by atoms with Gasteiger partial charge in [-0.1, -0.05) is 36.4 Å². The summed E-state index contributed by atoms with van der Waals surface area (Å²) in [6.45, 7) is 7.07. The van der Waals surface area contributed by atoms with Crippen LogP contribution >= 0.6 is 0 Å². The first-order valence-electron chi connectivity index (χ1n) is 9.04. The third kappa shape index (κ3) is 5.33. The van der Waals surface area contributed by atoms with Crippen LogP contribution in [0.1, 0.15) is 48.3 Å². The van der Waals surface area contributed by atoms with E-state index in [1.165, 1.54) is 7.11 Å². The first kappa shape index (κ1) is 21.4. The van der Waals surface area contributed by atoms with E-state index in [1.807, 2.05) is 19.1 Å². The Balaban J connectivity index is 2.39. The van der Waals surface area contributed by atoms with Crippen molar-refractivity contribution in [2.45, 2.75) is 45.4 Å². The predicted octanol–water partition coefficient (Wildman–Crippen LogP) is 3.81. The molecule has 1 amide bonds. The van der Waals surface area contributed by atoms with Gasteiger partial charge in [-0.3, -0.25) is 4.79 Å². The fourth-order valence-corrected chi connectivity index (χ4v) is 2.86. The van der Waals surface area contributed by atoms with Gasteiger partial charge in [-0.15, -0.1) is 0 Å². The van der Waals surface area contributed by atoms with E-state index in [-0.39, 0.29) is 5.56 Å². The maximum absolute atomic E-state index is 13.0. The second-order valence-electron chi connectivity index (χ2n) is 7.49. The number of aliphatic hydroxyl groups is 1. The number of nitrogens with one attached hydrogen (secondary N) is 1. The number of benzene rings is 2. The van der Waals surface area contributed by atoms with Gasteiger partial charge in [0.2, 0.25) is 0 Å². The zero-order valence-corrected chi connectivity index (χ0v) is 16.9. The van der Waals surface area contributed by atoms with Gasteiger partial charge in [-0.2, -0.15) is 0 Å². The number of carbonyl (C=O) groups is 2. The normalized spacial score (nSPS) is 13.4. The summed E-state index contributed by atoms with van der Waals surface area (Å²) in [5.74, 6) is -0.200. The number of hydrogen-bond donors (Lipinski definition) is 2. The minimum atomic E-state index is -1.52. The molecule has 0 fully saturated rings. The summed E-state index contributed by atoms with van der Waals surface area (Å²) in [6, 6.07) is 12.9. The van der Waals surface area contributed by atoms with E-state index in [9.17, 15) is 14.7 Å². The summed E-state index contributed by atoms with van der Waals surface area (Å²) in [6.07, 6.45) is -2.24. The maximum atomic E-state index is 13.0. The number of ketones is 1.